The van der Waals surface area contributed by atoms with Gasteiger partial charge in [-0.15, -0.1) is 0 Å². The van der Waals surface area contributed by atoms with Crippen LogP contribution in [0, 0.1) is 23.8 Å². The van der Waals surface area contributed by atoms with Gasteiger partial charge in [0, 0.05) is 37.0 Å². The number of fused-ring (bicyclic) bond motifs is 3. The van der Waals surface area contributed by atoms with Crippen LogP contribution in [-0.4, -0.2) is 34.1 Å². The van der Waals surface area contributed by atoms with Crippen LogP contribution in [0.5, 0.6) is 0 Å². The van der Waals surface area contributed by atoms with Gasteiger partial charge in [-0.05, 0) is 25.7 Å². The average Bonchev–Trinajstić information content (AvgIpc) is 3.03. The molecule has 4 nitrogen and oxygen atoms in total. The third-order valence-corrected chi connectivity index (χ3v) is 14.2. The van der Waals surface area contributed by atoms with Crippen molar-refractivity contribution >= 4 is 45.1 Å². The summed E-state index contributed by atoms with van der Waals surface area (Å²) in [5.74, 6) is 8.79. The van der Waals surface area contributed by atoms with Crippen LogP contribution in [0.15, 0.2) is 60.4 Å². The van der Waals surface area contributed by atoms with Gasteiger partial charge < -0.3 is 5.11 Å². The molecule has 3 aromatic carbocycles. The predicted octanol–water partition coefficient (Wildman–Crippen LogP) is 10.9. The summed E-state index contributed by atoms with van der Waals surface area (Å²) in [6.07, 6.45) is 4.75. The number of carbonyl (C=O) groups is 1. The summed E-state index contributed by atoms with van der Waals surface area (Å²) in [6, 6.07) is 20.7. The van der Waals surface area contributed by atoms with Crippen molar-refractivity contribution in [3.05, 3.63) is 77.8 Å². The van der Waals surface area contributed by atoms with Crippen LogP contribution in [0.1, 0.15) is 98.4 Å². The van der Waals surface area contributed by atoms with Crippen molar-refractivity contribution in [1.29, 1.82) is 0 Å². The fourth-order valence-electron chi connectivity index (χ4n) is 5.40. The topological polar surface area (TPSA) is 63.1 Å². The van der Waals surface area contributed by atoms with Gasteiger partial charge in [-0.25, -0.2) is 0 Å². The molecule has 46 heavy (non-hydrogen) atoms. The molecular formula is C40H55GeIrN2O2-. The van der Waals surface area contributed by atoms with E-state index in [0.717, 1.165) is 53.7 Å². The molecule has 1 radical (unpaired) electrons. The van der Waals surface area contributed by atoms with Crippen LogP contribution >= 0.6 is 0 Å². The molecule has 0 aliphatic rings. The molecule has 0 unspecified atom stereocenters. The summed E-state index contributed by atoms with van der Waals surface area (Å²) in [6.45, 7) is 18.6. The molecule has 4 rings (SSSR count). The Labute approximate surface area is 294 Å². The molecule has 0 saturated heterocycles. The summed E-state index contributed by atoms with van der Waals surface area (Å²) in [4.78, 5) is 22.1. The van der Waals surface area contributed by atoms with Gasteiger partial charge in [0.25, 0.3) is 0 Å². The molecule has 251 valence electrons. The van der Waals surface area contributed by atoms with Crippen molar-refractivity contribution in [2.75, 3.05) is 0 Å². The molecule has 1 heterocycles. The number of aromatic nitrogens is 2. The second kappa shape index (κ2) is 16.2. The molecule has 0 bridgehead atoms. The normalized spacial score (nSPS) is 12.6. The number of carbonyl (C=O) groups excluding carboxylic acids is 1. The number of allylic oxidation sites excluding steroid dienone is 2. The quantitative estimate of drug-likeness (QED) is 0.0567. The van der Waals surface area contributed by atoms with Crippen LogP contribution in [0.4, 0.5) is 0 Å². The van der Waals surface area contributed by atoms with Crippen LogP contribution < -0.4 is 4.40 Å². The number of aliphatic hydroxyl groups is 1. The number of hydrogen-bond acceptors (Lipinski definition) is 4. The van der Waals surface area contributed by atoms with E-state index in [9.17, 15) is 9.90 Å². The zero-order valence-electron chi connectivity index (χ0n) is 30.2. The maximum absolute atomic E-state index is 12.2. The van der Waals surface area contributed by atoms with Gasteiger partial charge in [-0.1, -0.05) is 41.5 Å². The first-order chi connectivity index (χ1) is 21.0. The monoisotopic (exact) mass is 862 g/mol. The standard InChI is InChI=1S/C25H27GeN2.C15H28O2.Ir/c1-16(2)25-27-23(18-10-8-7-9-11-18)21-13-12-19-15-20(26(4,5)6)14-17(3)22(19)24(21)28-25;1-7-14(5,8-2)12(16)11-13(17)15(6,9-3)10-4;/h7-10,12-16H,1-6H3;11,16H,7-10H2,1-6H3;/q-1;;/b;12-11-;. The molecule has 0 aliphatic heterocycles. The number of ketones is 1. The Balaban J connectivity index is 0.000000356. The first-order valence-electron chi connectivity index (χ1n) is 16.7. The van der Waals surface area contributed by atoms with Crippen molar-refractivity contribution in [2.45, 2.75) is 111 Å². The van der Waals surface area contributed by atoms with Gasteiger partial charge in [0.05, 0.1) is 0 Å². The third-order valence-electron chi connectivity index (χ3n) is 9.94. The van der Waals surface area contributed by atoms with Crippen molar-refractivity contribution in [3.8, 4) is 11.3 Å². The van der Waals surface area contributed by atoms with Gasteiger partial charge in [0.2, 0.25) is 0 Å². The van der Waals surface area contributed by atoms with Gasteiger partial charge in [-0.3, -0.25) is 4.79 Å². The number of aliphatic hydroxyl groups excluding tert-OH is 1. The van der Waals surface area contributed by atoms with E-state index in [2.05, 4.69) is 74.4 Å². The minimum Gasteiger partial charge on any atom is 0 e. The number of rotatable bonds is 10. The minimum absolute atomic E-state index is 0. The van der Waals surface area contributed by atoms with E-state index >= 15 is 0 Å². The van der Waals surface area contributed by atoms with Crippen molar-refractivity contribution in [1.82, 2.24) is 9.97 Å². The second-order valence-corrected chi connectivity index (χ2v) is 25.0. The number of benzene rings is 3. The summed E-state index contributed by atoms with van der Waals surface area (Å²) in [5.41, 5.74) is 3.78. The first-order valence-corrected chi connectivity index (χ1v) is 24.1. The minimum atomic E-state index is -1.90. The number of hydrogen-bond donors (Lipinski definition) is 1. The van der Waals surface area contributed by atoms with E-state index in [1.165, 1.54) is 22.4 Å². The van der Waals surface area contributed by atoms with Crippen molar-refractivity contribution in [3.63, 3.8) is 0 Å². The summed E-state index contributed by atoms with van der Waals surface area (Å²) >= 11 is -1.90. The molecule has 0 spiro atoms. The maximum Gasteiger partial charge on any atom is 0 e. The molecule has 0 aliphatic carbocycles. The van der Waals surface area contributed by atoms with Gasteiger partial charge in [-0.2, -0.15) is 0 Å². The fraction of sp³-hybridized carbons (Fsp3) is 0.475. The van der Waals surface area contributed by atoms with Crippen LogP contribution in [-0.2, 0) is 24.9 Å². The average molecular weight is 861 g/mol. The molecule has 6 heteroatoms. The molecule has 4 aromatic rings. The molecule has 0 atom stereocenters. The van der Waals surface area contributed by atoms with Crippen LogP contribution in [0.3, 0.4) is 0 Å². The summed E-state index contributed by atoms with van der Waals surface area (Å²) in [7, 11) is 0. The predicted molar refractivity (Wildman–Crippen MR) is 196 cm³/mol. The zero-order chi connectivity index (χ0) is 33.7. The van der Waals surface area contributed by atoms with Crippen molar-refractivity contribution < 1.29 is 30.0 Å². The van der Waals surface area contributed by atoms with Crippen LogP contribution in [0.25, 0.3) is 32.9 Å². The molecular weight excluding hydrogens is 805 g/mol. The first kappa shape index (κ1) is 39.8. The second-order valence-electron chi connectivity index (χ2n) is 14.4. The molecule has 0 amide bonds. The Morgan fingerprint density at radius 1 is 0.935 bits per heavy atom. The summed E-state index contributed by atoms with van der Waals surface area (Å²) in [5, 5.41) is 13.8. The Bertz CT molecular complexity index is 1660. The Morgan fingerprint density at radius 2 is 1.54 bits per heavy atom. The summed E-state index contributed by atoms with van der Waals surface area (Å²) < 4.78 is 1.54. The molecule has 1 N–H and O–H groups in total. The number of aryl methyl sites for hydroxylation is 1. The Morgan fingerprint density at radius 3 is 2.04 bits per heavy atom. The van der Waals surface area contributed by atoms with E-state index in [-0.39, 0.29) is 48.4 Å². The molecule has 0 saturated carbocycles. The Hall–Kier alpha value is -2.34. The number of nitrogens with zero attached hydrogens (tertiary/aromatic N) is 2. The smallest absolute Gasteiger partial charge is 0 e. The van der Waals surface area contributed by atoms with Gasteiger partial charge >= 0.3 is 171 Å². The van der Waals surface area contributed by atoms with Gasteiger partial charge in [0.15, 0.2) is 5.78 Å². The zero-order valence-corrected chi connectivity index (χ0v) is 34.7. The third kappa shape index (κ3) is 8.76. The SMILES string of the molecule is CCC(C)(CC)C(=O)/C=C(\O)C(C)(CC)CC.Cc1c[c]([Ge]([CH3])([CH3])[CH3])cc2ccc3c(-c4[c-]cccc4)nc(C(C)C)nc3c12.[Ir]. The van der Waals surface area contributed by atoms with Gasteiger partial charge in [0.1, 0.15) is 5.76 Å². The van der Waals surface area contributed by atoms with E-state index < -0.39 is 13.3 Å². The van der Waals surface area contributed by atoms with E-state index in [1.807, 2.05) is 59.7 Å². The maximum atomic E-state index is 12.2. The molecule has 1 aromatic heterocycles. The largest absolute Gasteiger partial charge is 0 e. The Kier molecular flexibility index (Phi) is 14.0. The van der Waals surface area contributed by atoms with Crippen molar-refractivity contribution in [2.24, 2.45) is 10.8 Å². The van der Waals surface area contributed by atoms with Crippen LogP contribution in [0.2, 0.25) is 17.3 Å². The van der Waals surface area contributed by atoms with E-state index in [0.29, 0.717) is 0 Å². The van der Waals surface area contributed by atoms with E-state index in [1.54, 1.807) is 4.40 Å². The molecule has 0 fully saturated rings. The fourth-order valence-corrected chi connectivity index (χ4v) is 8.00. The van der Waals surface area contributed by atoms with E-state index in [4.69, 9.17) is 9.97 Å².